The number of carbonyl (C=O) groups is 1. The van der Waals surface area contributed by atoms with Gasteiger partial charge in [0.2, 0.25) is 0 Å². The van der Waals surface area contributed by atoms with Crippen LogP contribution in [0.25, 0.3) is 10.9 Å². The molecule has 0 radical (unpaired) electrons. The molecule has 0 unspecified atom stereocenters. The molecule has 21 heavy (non-hydrogen) atoms. The second-order valence-electron chi connectivity index (χ2n) is 5.62. The third kappa shape index (κ3) is 2.89. The summed E-state index contributed by atoms with van der Waals surface area (Å²) in [5, 5.41) is 14.6. The SMILES string of the molecule is O=C(NCC1(O)CCCC1)c1[nH]c2ccc(Cl)cc2c1Cl. The van der Waals surface area contributed by atoms with E-state index in [1.807, 2.05) is 0 Å². The fraction of sp³-hybridized carbons (Fsp3) is 0.400. The molecule has 1 aliphatic carbocycles. The highest BCUT2D eigenvalue weighted by molar-refractivity contribution is 6.39. The fourth-order valence-electron chi connectivity index (χ4n) is 2.83. The number of aliphatic hydroxyl groups is 1. The van der Waals surface area contributed by atoms with Gasteiger partial charge in [0.25, 0.3) is 5.91 Å². The standard InChI is InChI=1S/C15H16Cl2N2O2/c16-9-3-4-11-10(7-9)12(17)13(19-11)14(20)18-8-15(21)5-1-2-6-15/h3-4,7,19,21H,1-2,5-6,8H2,(H,18,20). The van der Waals surface area contributed by atoms with Gasteiger partial charge in [-0.15, -0.1) is 0 Å². The third-order valence-electron chi connectivity index (χ3n) is 4.04. The molecule has 2 aromatic rings. The van der Waals surface area contributed by atoms with Crippen LogP contribution in [0.4, 0.5) is 0 Å². The van der Waals surface area contributed by atoms with Gasteiger partial charge >= 0.3 is 0 Å². The Labute approximate surface area is 132 Å². The van der Waals surface area contributed by atoms with Gasteiger partial charge in [-0.25, -0.2) is 0 Å². The molecular formula is C15H16Cl2N2O2. The topological polar surface area (TPSA) is 65.1 Å². The van der Waals surface area contributed by atoms with Crippen molar-refractivity contribution in [3.8, 4) is 0 Å². The molecule has 0 saturated heterocycles. The summed E-state index contributed by atoms with van der Waals surface area (Å²) in [5.41, 5.74) is 0.280. The smallest absolute Gasteiger partial charge is 0.269 e. The van der Waals surface area contributed by atoms with Gasteiger partial charge in [0.15, 0.2) is 0 Å². The van der Waals surface area contributed by atoms with Crippen LogP contribution in [-0.2, 0) is 0 Å². The Balaban J connectivity index is 1.80. The number of H-pyrrole nitrogens is 1. The second kappa shape index (κ2) is 5.52. The highest BCUT2D eigenvalue weighted by Crippen LogP contribution is 2.31. The van der Waals surface area contributed by atoms with Crippen LogP contribution in [0.5, 0.6) is 0 Å². The molecule has 0 bridgehead atoms. The Morgan fingerprint density at radius 3 is 2.76 bits per heavy atom. The number of amides is 1. The first-order valence-corrected chi connectivity index (χ1v) is 7.71. The first-order chi connectivity index (χ1) is 9.98. The Morgan fingerprint density at radius 1 is 1.33 bits per heavy atom. The third-order valence-corrected chi connectivity index (χ3v) is 4.66. The zero-order valence-electron chi connectivity index (χ0n) is 11.4. The molecule has 1 aliphatic rings. The summed E-state index contributed by atoms with van der Waals surface area (Å²) in [6.07, 6.45) is 3.45. The Kier molecular flexibility index (Phi) is 3.86. The van der Waals surface area contributed by atoms with Crippen molar-refractivity contribution in [3.05, 3.63) is 33.9 Å². The Hall–Kier alpha value is -1.23. The van der Waals surface area contributed by atoms with E-state index >= 15 is 0 Å². The maximum Gasteiger partial charge on any atom is 0.269 e. The van der Waals surface area contributed by atoms with E-state index in [-0.39, 0.29) is 12.5 Å². The first kappa shape index (κ1) is 14.7. The fourth-order valence-corrected chi connectivity index (χ4v) is 3.29. The average Bonchev–Trinajstić information content (AvgIpc) is 3.02. The van der Waals surface area contributed by atoms with Crippen LogP contribution < -0.4 is 5.32 Å². The van der Waals surface area contributed by atoms with Crippen molar-refractivity contribution < 1.29 is 9.90 Å². The van der Waals surface area contributed by atoms with Crippen molar-refractivity contribution >= 4 is 40.0 Å². The molecule has 0 spiro atoms. The number of nitrogens with one attached hydrogen (secondary N) is 2. The highest BCUT2D eigenvalue weighted by atomic mass is 35.5. The van der Waals surface area contributed by atoms with Gasteiger partial charge in [-0.1, -0.05) is 36.0 Å². The number of rotatable bonds is 3. The lowest BCUT2D eigenvalue weighted by molar-refractivity contribution is 0.0449. The van der Waals surface area contributed by atoms with E-state index in [4.69, 9.17) is 23.2 Å². The van der Waals surface area contributed by atoms with Crippen LogP contribution in [0, 0.1) is 0 Å². The van der Waals surface area contributed by atoms with E-state index in [9.17, 15) is 9.90 Å². The molecule has 112 valence electrons. The predicted octanol–water partition coefficient (Wildman–Crippen LogP) is 3.51. The van der Waals surface area contributed by atoms with Crippen molar-refractivity contribution in [1.29, 1.82) is 0 Å². The molecule has 3 N–H and O–H groups in total. The summed E-state index contributed by atoms with van der Waals surface area (Å²) in [7, 11) is 0. The summed E-state index contributed by atoms with van der Waals surface area (Å²) in [5.74, 6) is -0.312. The number of aromatic nitrogens is 1. The zero-order valence-corrected chi connectivity index (χ0v) is 12.9. The average molecular weight is 327 g/mol. The molecule has 6 heteroatoms. The number of hydrogen-bond donors (Lipinski definition) is 3. The maximum atomic E-state index is 12.2. The van der Waals surface area contributed by atoms with Crippen LogP contribution in [0.15, 0.2) is 18.2 Å². The summed E-state index contributed by atoms with van der Waals surface area (Å²) < 4.78 is 0. The van der Waals surface area contributed by atoms with Gasteiger partial charge < -0.3 is 15.4 Å². The molecule has 1 saturated carbocycles. The van der Waals surface area contributed by atoms with Crippen molar-refractivity contribution in [2.45, 2.75) is 31.3 Å². The van der Waals surface area contributed by atoms with Gasteiger partial charge in [-0.05, 0) is 31.0 Å². The van der Waals surface area contributed by atoms with E-state index in [2.05, 4.69) is 10.3 Å². The molecule has 4 nitrogen and oxygen atoms in total. The second-order valence-corrected chi connectivity index (χ2v) is 6.43. The molecule has 1 aromatic carbocycles. The molecule has 0 atom stereocenters. The zero-order chi connectivity index (χ0) is 15.0. The summed E-state index contributed by atoms with van der Waals surface area (Å²) in [6.45, 7) is 0.248. The van der Waals surface area contributed by atoms with Gasteiger partial charge in [-0.2, -0.15) is 0 Å². The number of fused-ring (bicyclic) bond motifs is 1. The van der Waals surface area contributed by atoms with Crippen LogP contribution in [0.2, 0.25) is 10.0 Å². The molecule has 1 aromatic heterocycles. The van der Waals surface area contributed by atoms with Gasteiger partial charge in [0, 0.05) is 22.5 Å². The quantitative estimate of drug-likeness (QED) is 0.808. The highest BCUT2D eigenvalue weighted by Gasteiger charge is 2.31. The minimum Gasteiger partial charge on any atom is -0.388 e. The molecule has 1 heterocycles. The Morgan fingerprint density at radius 2 is 2.05 bits per heavy atom. The van der Waals surface area contributed by atoms with E-state index < -0.39 is 5.60 Å². The molecular weight excluding hydrogens is 311 g/mol. The van der Waals surface area contributed by atoms with Crippen molar-refractivity contribution in [1.82, 2.24) is 10.3 Å². The van der Waals surface area contributed by atoms with Crippen LogP contribution in [-0.4, -0.2) is 28.1 Å². The minimum absolute atomic E-state index is 0.248. The molecule has 0 aliphatic heterocycles. The first-order valence-electron chi connectivity index (χ1n) is 6.96. The monoisotopic (exact) mass is 326 g/mol. The number of hydrogen-bond acceptors (Lipinski definition) is 2. The molecule has 1 amide bonds. The van der Waals surface area contributed by atoms with Crippen LogP contribution in [0.3, 0.4) is 0 Å². The van der Waals surface area contributed by atoms with Crippen molar-refractivity contribution in [3.63, 3.8) is 0 Å². The lowest BCUT2D eigenvalue weighted by Gasteiger charge is -2.22. The van der Waals surface area contributed by atoms with E-state index in [0.717, 1.165) is 31.2 Å². The number of aromatic amines is 1. The van der Waals surface area contributed by atoms with E-state index in [1.54, 1.807) is 18.2 Å². The van der Waals surface area contributed by atoms with Gasteiger partial charge in [0.05, 0.1) is 10.6 Å². The summed E-state index contributed by atoms with van der Waals surface area (Å²) in [6, 6.07) is 5.24. The van der Waals surface area contributed by atoms with Crippen molar-refractivity contribution in [2.75, 3.05) is 6.54 Å². The number of carbonyl (C=O) groups excluding carboxylic acids is 1. The van der Waals surface area contributed by atoms with Gasteiger partial charge in [-0.3, -0.25) is 4.79 Å². The van der Waals surface area contributed by atoms with Crippen LogP contribution in [0.1, 0.15) is 36.2 Å². The lowest BCUT2D eigenvalue weighted by Crippen LogP contribution is -2.40. The van der Waals surface area contributed by atoms with Crippen LogP contribution >= 0.6 is 23.2 Å². The predicted molar refractivity (Wildman–Crippen MR) is 84.1 cm³/mol. The van der Waals surface area contributed by atoms with E-state index in [0.29, 0.717) is 21.1 Å². The number of halogens is 2. The summed E-state index contributed by atoms with van der Waals surface area (Å²) >= 11 is 12.2. The lowest BCUT2D eigenvalue weighted by atomic mass is 10.0. The van der Waals surface area contributed by atoms with Gasteiger partial charge in [0.1, 0.15) is 5.69 Å². The van der Waals surface area contributed by atoms with Crippen molar-refractivity contribution in [2.24, 2.45) is 0 Å². The minimum atomic E-state index is -0.780. The van der Waals surface area contributed by atoms with E-state index in [1.165, 1.54) is 0 Å². The summed E-state index contributed by atoms with van der Waals surface area (Å²) in [4.78, 5) is 15.2. The maximum absolute atomic E-state index is 12.2. The molecule has 3 rings (SSSR count). The number of benzene rings is 1. The Bertz CT molecular complexity index is 690. The largest absolute Gasteiger partial charge is 0.388 e. The molecule has 1 fully saturated rings. The normalized spacial score (nSPS) is 17.3.